The van der Waals surface area contributed by atoms with Gasteiger partial charge in [0.1, 0.15) is 30.0 Å². The molecule has 5 atom stereocenters. The molecule has 172 valence electrons. The van der Waals surface area contributed by atoms with Gasteiger partial charge in [0.15, 0.2) is 6.23 Å². The van der Waals surface area contributed by atoms with Crippen molar-refractivity contribution in [2.75, 3.05) is 5.32 Å². The zero-order valence-electron chi connectivity index (χ0n) is 18.4. The summed E-state index contributed by atoms with van der Waals surface area (Å²) in [5.74, 6) is -0.930. The molecule has 11 nitrogen and oxygen atoms in total. The van der Waals surface area contributed by atoms with Crippen molar-refractivity contribution in [1.82, 2.24) is 14.5 Å². The Hall–Kier alpha value is -2.60. The van der Waals surface area contributed by atoms with E-state index in [9.17, 15) is 19.8 Å². The van der Waals surface area contributed by atoms with Crippen molar-refractivity contribution in [2.45, 2.75) is 71.6 Å². The van der Waals surface area contributed by atoms with Crippen LogP contribution in [-0.2, 0) is 9.53 Å². The molecule has 2 aromatic heterocycles. The fourth-order valence-corrected chi connectivity index (χ4v) is 3.44. The number of hydrogen-bond donors (Lipinski definition) is 5. The molecule has 5 unspecified atom stereocenters. The topological polar surface area (TPSA) is 179 Å². The van der Waals surface area contributed by atoms with Crippen LogP contribution in [0.25, 0.3) is 11.0 Å². The maximum absolute atomic E-state index is 12.5. The first-order valence-electron chi connectivity index (χ1n) is 10.3. The molecular formula is C20H32N6O5. The monoisotopic (exact) mass is 436 g/mol. The molecule has 0 spiro atoms. The minimum Gasteiger partial charge on any atom is -0.388 e. The fourth-order valence-electron chi connectivity index (χ4n) is 3.44. The van der Waals surface area contributed by atoms with E-state index >= 15 is 0 Å². The van der Waals surface area contributed by atoms with Crippen LogP contribution >= 0.6 is 0 Å². The van der Waals surface area contributed by atoms with Crippen LogP contribution in [0.5, 0.6) is 0 Å². The van der Waals surface area contributed by atoms with Crippen LogP contribution in [0.2, 0.25) is 0 Å². The van der Waals surface area contributed by atoms with Gasteiger partial charge < -0.3 is 36.3 Å². The van der Waals surface area contributed by atoms with Crippen molar-refractivity contribution in [3.05, 3.63) is 18.1 Å². The van der Waals surface area contributed by atoms with Crippen LogP contribution < -0.4 is 16.8 Å². The number of aliphatic hydroxyl groups excluding tert-OH is 2. The van der Waals surface area contributed by atoms with E-state index < -0.39 is 42.4 Å². The average molecular weight is 437 g/mol. The second-order valence-electron chi connectivity index (χ2n) is 7.67. The highest BCUT2D eigenvalue weighted by molar-refractivity contribution is 6.11. The van der Waals surface area contributed by atoms with Crippen molar-refractivity contribution in [3.63, 3.8) is 0 Å². The summed E-state index contributed by atoms with van der Waals surface area (Å²) in [6.45, 7) is 9.51. The summed E-state index contributed by atoms with van der Waals surface area (Å²) in [5.41, 5.74) is 11.7. The van der Waals surface area contributed by atoms with E-state index in [-0.39, 0.29) is 28.3 Å². The Morgan fingerprint density at radius 2 is 1.90 bits per heavy atom. The Balaban J connectivity index is 0.00000166. The van der Waals surface area contributed by atoms with Crippen LogP contribution in [0.4, 0.5) is 5.82 Å². The van der Waals surface area contributed by atoms with Crippen molar-refractivity contribution >= 4 is 28.7 Å². The lowest BCUT2D eigenvalue weighted by molar-refractivity contribution is -0.117. The van der Waals surface area contributed by atoms with Crippen LogP contribution in [0.1, 0.15) is 57.6 Å². The van der Waals surface area contributed by atoms with E-state index in [1.807, 2.05) is 27.7 Å². The highest BCUT2D eigenvalue weighted by atomic mass is 16.6. The molecule has 31 heavy (non-hydrogen) atoms. The summed E-state index contributed by atoms with van der Waals surface area (Å²) in [4.78, 5) is 32.7. The smallest absolute Gasteiger partial charge is 0.251 e. The third kappa shape index (κ3) is 5.01. The minimum atomic E-state index is -1.24. The lowest BCUT2D eigenvalue weighted by Gasteiger charge is -2.17. The third-order valence-corrected chi connectivity index (χ3v) is 4.93. The molecule has 7 N–H and O–H groups in total. The highest BCUT2D eigenvalue weighted by Crippen LogP contribution is 2.35. The van der Waals surface area contributed by atoms with E-state index in [2.05, 4.69) is 15.3 Å². The number of nitrogens with one attached hydrogen (secondary N) is 1. The number of aromatic nitrogens is 3. The molecule has 1 aliphatic rings. The molecule has 11 heteroatoms. The van der Waals surface area contributed by atoms with Gasteiger partial charge in [-0.15, -0.1) is 0 Å². The molecule has 3 rings (SSSR count). The Morgan fingerprint density at radius 3 is 2.42 bits per heavy atom. The zero-order valence-corrected chi connectivity index (χ0v) is 18.4. The largest absolute Gasteiger partial charge is 0.388 e. The summed E-state index contributed by atoms with van der Waals surface area (Å²) < 4.78 is 7.02. The van der Waals surface area contributed by atoms with Gasteiger partial charge >= 0.3 is 0 Å². The van der Waals surface area contributed by atoms with Gasteiger partial charge in [0, 0.05) is 6.20 Å². The van der Waals surface area contributed by atoms with Gasteiger partial charge in [-0.25, -0.2) is 9.97 Å². The first kappa shape index (κ1) is 24.7. The molecular weight excluding hydrogens is 404 g/mol. The van der Waals surface area contributed by atoms with Crippen LogP contribution in [0.15, 0.2) is 12.5 Å². The number of fused-ring (bicyclic) bond motifs is 1. The second-order valence-corrected chi connectivity index (χ2v) is 7.67. The van der Waals surface area contributed by atoms with E-state index in [1.54, 1.807) is 6.92 Å². The van der Waals surface area contributed by atoms with Gasteiger partial charge in [-0.2, -0.15) is 0 Å². The summed E-state index contributed by atoms with van der Waals surface area (Å²) in [6, 6.07) is -0.755. The number of amides is 2. The van der Waals surface area contributed by atoms with Crippen molar-refractivity contribution in [2.24, 2.45) is 17.4 Å². The number of primary amides is 1. The number of ether oxygens (including phenoxy) is 1. The summed E-state index contributed by atoms with van der Waals surface area (Å²) in [6.07, 6.45) is -0.921. The van der Waals surface area contributed by atoms with E-state index in [4.69, 9.17) is 16.2 Å². The summed E-state index contributed by atoms with van der Waals surface area (Å²) in [7, 11) is 0. The number of hydrogen-bond acceptors (Lipinski definition) is 8. The zero-order chi connectivity index (χ0) is 23.5. The standard InChI is InChI=1S/C18H26N6O5.C2H6/c1-7(2)4-10(19)17(28)23-15-11-9(14(20)27)5-24(16(11)22-6-21-15)18-13(26)12(25)8(3)29-18;1-2/h5-8,10,12-13,18,25-26H,4,19H2,1-3H3,(H2,20,27)(H,21,22,23,28);1-2H3. The number of aliphatic hydroxyl groups is 2. The van der Waals surface area contributed by atoms with Crippen molar-refractivity contribution in [1.29, 1.82) is 0 Å². The Kier molecular flexibility index (Phi) is 8.07. The van der Waals surface area contributed by atoms with Gasteiger partial charge in [-0.1, -0.05) is 27.7 Å². The number of nitrogens with two attached hydrogens (primary N) is 2. The first-order valence-corrected chi connectivity index (χ1v) is 10.3. The molecule has 0 radical (unpaired) electrons. The molecule has 2 amide bonds. The van der Waals surface area contributed by atoms with Crippen LogP contribution in [0, 0.1) is 5.92 Å². The maximum Gasteiger partial charge on any atom is 0.251 e. The SMILES string of the molecule is CC.CC(C)CC(N)C(=O)Nc1ncnc2c1c(C(N)=O)cn2C1OC(C)C(O)C1O. The number of nitrogens with zero attached hydrogens (tertiary/aromatic N) is 3. The van der Waals surface area contributed by atoms with Gasteiger partial charge in [-0.3, -0.25) is 9.59 Å². The Bertz CT molecular complexity index is 930. The lowest BCUT2D eigenvalue weighted by atomic mass is 10.0. The highest BCUT2D eigenvalue weighted by Gasteiger charge is 2.42. The Morgan fingerprint density at radius 1 is 1.26 bits per heavy atom. The number of carbonyl (C=O) groups excluding carboxylic acids is 2. The molecule has 3 heterocycles. The molecule has 2 aromatic rings. The van der Waals surface area contributed by atoms with Gasteiger partial charge in [0.25, 0.3) is 5.91 Å². The third-order valence-electron chi connectivity index (χ3n) is 4.93. The average Bonchev–Trinajstić information content (AvgIpc) is 3.23. The number of rotatable bonds is 6. The lowest BCUT2D eigenvalue weighted by Crippen LogP contribution is -2.37. The quantitative estimate of drug-likeness (QED) is 0.434. The van der Waals surface area contributed by atoms with Crippen molar-refractivity contribution < 1.29 is 24.5 Å². The minimum absolute atomic E-state index is 0.0400. The molecule has 0 bridgehead atoms. The van der Waals surface area contributed by atoms with Gasteiger partial charge in [0.05, 0.1) is 23.1 Å². The second kappa shape index (κ2) is 10.1. The number of anilines is 1. The summed E-state index contributed by atoms with van der Waals surface area (Å²) in [5, 5.41) is 23.2. The molecule has 0 aliphatic carbocycles. The first-order chi connectivity index (χ1) is 14.6. The van der Waals surface area contributed by atoms with Gasteiger partial charge in [0.2, 0.25) is 5.91 Å². The van der Waals surface area contributed by atoms with Crippen LogP contribution in [-0.4, -0.2) is 60.9 Å². The molecule has 1 aliphatic heterocycles. The van der Waals surface area contributed by atoms with E-state index in [1.165, 1.54) is 17.1 Å². The predicted octanol–water partition coefficient (Wildman–Crippen LogP) is 0.507. The van der Waals surface area contributed by atoms with Gasteiger partial charge in [-0.05, 0) is 19.3 Å². The normalized spacial score (nSPS) is 24.0. The van der Waals surface area contributed by atoms with Crippen molar-refractivity contribution in [3.8, 4) is 0 Å². The maximum atomic E-state index is 12.5. The summed E-state index contributed by atoms with van der Waals surface area (Å²) >= 11 is 0. The number of carbonyl (C=O) groups is 2. The molecule has 0 aromatic carbocycles. The molecule has 1 saturated heterocycles. The molecule has 0 saturated carbocycles. The Labute approximate surface area is 180 Å². The van der Waals surface area contributed by atoms with E-state index in [0.29, 0.717) is 6.42 Å². The molecule has 1 fully saturated rings. The predicted molar refractivity (Wildman–Crippen MR) is 115 cm³/mol. The van der Waals surface area contributed by atoms with E-state index in [0.717, 1.165) is 0 Å². The fraction of sp³-hybridized carbons (Fsp3) is 0.600. The van der Waals surface area contributed by atoms with Crippen LogP contribution in [0.3, 0.4) is 0 Å².